The van der Waals surface area contributed by atoms with E-state index in [1.165, 1.54) is 21.1 Å². The number of nitrogens with zero attached hydrogens (tertiary/aromatic N) is 2. The Labute approximate surface area is 253 Å². The topological polar surface area (TPSA) is 35.2 Å². The molecule has 0 N–H and O–H groups in total. The minimum atomic E-state index is -4.33. The second-order valence-electron chi connectivity index (χ2n) is 8.22. The van der Waals surface area contributed by atoms with Gasteiger partial charge in [0.15, 0.2) is 0 Å². The number of rotatable bonds is 4. The number of hydrogen-bond donors (Lipinski definition) is 0. The first kappa shape index (κ1) is 32.9. The van der Waals surface area contributed by atoms with Crippen molar-refractivity contribution in [3.05, 3.63) is 150 Å². The minimum absolute atomic E-state index is 0. The maximum atomic E-state index is 12.5. The van der Waals surface area contributed by atoms with Crippen molar-refractivity contribution in [2.75, 3.05) is 0 Å². The summed E-state index contributed by atoms with van der Waals surface area (Å²) in [5.41, 5.74) is 1.05. The number of aromatic nitrogens is 1. The predicted molar refractivity (Wildman–Crippen MR) is 161 cm³/mol. The number of pyridine rings is 1. The summed E-state index contributed by atoms with van der Waals surface area (Å²) in [6.07, 6.45) is -2.73. The van der Waals surface area contributed by atoms with Crippen LogP contribution in [0.15, 0.2) is 128 Å². The summed E-state index contributed by atoms with van der Waals surface area (Å²) in [7, 11) is -0.877. The van der Waals surface area contributed by atoms with Gasteiger partial charge in [-0.3, -0.25) is 0 Å². The van der Waals surface area contributed by atoms with E-state index in [9.17, 15) is 13.2 Å². The molecule has 0 unspecified atom stereocenters. The monoisotopic (exact) mass is 750 g/mol. The van der Waals surface area contributed by atoms with Gasteiger partial charge in [0.05, 0.1) is 7.92 Å². The molecule has 2 nitrogen and oxygen atoms in total. The fourth-order valence-electron chi connectivity index (χ4n) is 3.88. The molecule has 8 heteroatoms. The Morgan fingerprint density at radius 2 is 1.20 bits per heavy atom. The van der Waals surface area contributed by atoms with Gasteiger partial charge in [0.1, 0.15) is 15.9 Å². The Balaban J connectivity index is 0.000000251. The number of aryl methyl sites for hydroxylation is 1. The molecule has 5 aromatic rings. The van der Waals surface area contributed by atoms with E-state index in [1.54, 1.807) is 31.3 Å². The van der Waals surface area contributed by atoms with Gasteiger partial charge in [-0.05, 0) is 53.7 Å². The van der Waals surface area contributed by atoms with E-state index in [0.717, 1.165) is 12.1 Å². The van der Waals surface area contributed by atoms with E-state index in [0.29, 0.717) is 16.8 Å². The van der Waals surface area contributed by atoms with E-state index in [2.05, 4.69) is 114 Å². The van der Waals surface area contributed by atoms with E-state index < -0.39 is 19.7 Å². The van der Waals surface area contributed by atoms with Gasteiger partial charge >= 0.3 is 6.18 Å². The molecule has 0 saturated carbocycles. The number of isothiocyanates is 1. The zero-order valence-electron chi connectivity index (χ0n) is 21.4. The van der Waals surface area contributed by atoms with E-state index in [1.807, 2.05) is 0 Å². The van der Waals surface area contributed by atoms with Crippen LogP contribution in [0.2, 0.25) is 0 Å². The number of alkyl halides is 3. The van der Waals surface area contributed by atoms with Crippen LogP contribution in [0.3, 0.4) is 0 Å². The first-order chi connectivity index (χ1) is 18.8. The summed E-state index contributed by atoms with van der Waals surface area (Å²) in [4.78, 5) is 4.09. The smallest absolute Gasteiger partial charge is 0.381 e. The zero-order valence-corrected chi connectivity index (χ0v) is 25.6. The molecule has 0 aliphatic carbocycles. The van der Waals surface area contributed by atoms with Gasteiger partial charge in [-0.2, -0.15) is 18.3 Å². The molecule has 5 rings (SSSR count). The van der Waals surface area contributed by atoms with Gasteiger partial charge in [-0.25, -0.2) is 0 Å². The third-order valence-electron chi connectivity index (χ3n) is 5.57. The van der Waals surface area contributed by atoms with Crippen LogP contribution in [-0.2, 0) is 26.3 Å². The third kappa shape index (κ3) is 9.71. The number of benzene rings is 4. The van der Waals surface area contributed by atoms with Crippen molar-refractivity contribution < 1.29 is 33.3 Å². The van der Waals surface area contributed by atoms with Crippen LogP contribution in [0.25, 0.3) is 16.7 Å². The summed E-state index contributed by atoms with van der Waals surface area (Å²) < 4.78 is 37.4. The molecule has 4 aromatic carbocycles. The average molecular weight is 750 g/mol. The van der Waals surface area contributed by atoms with Crippen molar-refractivity contribution in [3.8, 4) is 11.3 Å². The van der Waals surface area contributed by atoms with Crippen molar-refractivity contribution >= 4 is 41.2 Å². The fourth-order valence-corrected chi connectivity index (χ4v) is 6.45. The zero-order chi connectivity index (χ0) is 28.1. The molecule has 40 heavy (non-hydrogen) atoms. The van der Waals surface area contributed by atoms with Gasteiger partial charge < -0.3 is 10.4 Å². The van der Waals surface area contributed by atoms with Crippen molar-refractivity contribution in [1.29, 1.82) is 0 Å². The van der Waals surface area contributed by atoms with Crippen molar-refractivity contribution in [2.24, 2.45) is 0 Å². The molecule has 1 aromatic heterocycles. The minimum Gasteiger partial charge on any atom is -0.753 e. The van der Waals surface area contributed by atoms with Gasteiger partial charge in [0.2, 0.25) is 0 Å². The molecule has 0 bridgehead atoms. The van der Waals surface area contributed by atoms with Gasteiger partial charge in [0, 0.05) is 26.3 Å². The molecular weight excluding hydrogens is 725 g/mol. The van der Waals surface area contributed by atoms with Gasteiger partial charge in [-0.1, -0.05) is 85.9 Å². The molecule has 1 heterocycles. The summed E-state index contributed by atoms with van der Waals surface area (Å²) in [6.45, 7) is 1.62. The molecule has 1 radical (unpaired) electrons. The number of thiocarbonyl (C=S) groups is 1. The Bertz CT molecular complexity index is 1370. The molecule has 0 saturated heterocycles. The van der Waals surface area contributed by atoms with Crippen molar-refractivity contribution in [2.45, 2.75) is 13.1 Å². The normalized spacial score (nSPS) is 10.1. The quantitative estimate of drug-likeness (QED) is 0.0818. The van der Waals surface area contributed by atoms with Gasteiger partial charge in [-0.15, -0.1) is 29.3 Å². The molecule has 0 aliphatic heterocycles. The molecule has 0 aliphatic rings. The van der Waals surface area contributed by atoms with Crippen LogP contribution in [0, 0.1) is 13.0 Å². The summed E-state index contributed by atoms with van der Waals surface area (Å²) >= 11 is 3.70. The van der Waals surface area contributed by atoms with Crippen LogP contribution < -0.4 is 15.9 Å². The van der Waals surface area contributed by atoms with E-state index in [4.69, 9.17) is 5.41 Å². The second-order valence-corrected chi connectivity index (χ2v) is 10.9. The average Bonchev–Trinajstić information content (AvgIpc) is 2.96. The van der Waals surface area contributed by atoms with Crippen LogP contribution >= 0.6 is 20.1 Å². The first-order valence-corrected chi connectivity index (χ1v) is 13.8. The van der Waals surface area contributed by atoms with Crippen LogP contribution in [0.1, 0.15) is 11.1 Å². The molecule has 0 spiro atoms. The molecule has 0 atom stereocenters. The standard InChI is InChI=1S/C18H15P.C13H9F3N.CNS.Ir/c1-4-10-16(11-5-1)19(17-12-6-2-7-13-17)18-14-8-3-9-15-18;1-9-8-10(13(14,15)16)5-6-11(9)12-4-2-3-7-17-12;2-1-3;/h1-15H;2-5,7-8H,1H3;;/q;2*-1;/p+1. The molecule has 0 amide bonds. The van der Waals surface area contributed by atoms with E-state index in [-0.39, 0.29) is 20.1 Å². The summed E-state index contributed by atoms with van der Waals surface area (Å²) in [5, 5.41) is 12.8. The van der Waals surface area contributed by atoms with Crippen LogP contribution in [-0.4, -0.2) is 10.1 Å². The summed E-state index contributed by atoms with van der Waals surface area (Å²) in [6, 6.07) is 42.5. The maximum absolute atomic E-state index is 12.5. The maximum Gasteiger partial charge on any atom is 0.381 e. The fraction of sp³-hybridized carbons (Fsp3) is 0.0625. The number of halogens is 3. The molecular formula is C32H25F3IrN2PS-. The van der Waals surface area contributed by atoms with Crippen molar-refractivity contribution in [3.63, 3.8) is 0 Å². The molecule has 0 fully saturated rings. The third-order valence-corrected chi connectivity index (χ3v) is 8.31. The predicted octanol–water partition coefficient (Wildman–Crippen LogP) is 7.71. The largest absolute Gasteiger partial charge is 0.753 e. The second kappa shape index (κ2) is 16.7. The Hall–Kier alpha value is -3.30. The van der Waals surface area contributed by atoms with E-state index >= 15 is 0 Å². The molecule has 205 valence electrons. The Morgan fingerprint density at radius 3 is 1.55 bits per heavy atom. The Kier molecular flexibility index (Phi) is 13.8. The Morgan fingerprint density at radius 1 is 0.775 bits per heavy atom. The summed E-state index contributed by atoms with van der Waals surface area (Å²) in [5.74, 6) is 0. The van der Waals surface area contributed by atoms with Gasteiger partial charge in [0.25, 0.3) is 0 Å². The van der Waals surface area contributed by atoms with Crippen LogP contribution in [0.5, 0.6) is 0 Å². The SMILES string of the molecule is Cc1cc(C(F)(F)F)c[c-]c1-c1ccccn1.[Ir].[N-]=C=S.c1ccc([PH+](c2ccccc2)c2ccccc2)cc1. The number of hydrogen-bond acceptors (Lipinski definition) is 2. The van der Waals surface area contributed by atoms with Crippen LogP contribution in [0.4, 0.5) is 13.2 Å². The van der Waals surface area contributed by atoms with Crippen molar-refractivity contribution in [1.82, 2.24) is 4.98 Å². The first-order valence-electron chi connectivity index (χ1n) is 11.9.